The van der Waals surface area contributed by atoms with Gasteiger partial charge in [0.1, 0.15) is 22.6 Å². The molecule has 2 atom stereocenters. The maximum Gasteiger partial charge on any atom is 0.421 e. The number of fused-ring (bicyclic) bond motifs is 1. The molecule has 0 spiro atoms. The second-order valence-corrected chi connectivity index (χ2v) is 7.39. The van der Waals surface area contributed by atoms with E-state index in [4.69, 9.17) is 4.74 Å². The van der Waals surface area contributed by atoms with Crippen LogP contribution in [0.25, 0.3) is 0 Å². The highest BCUT2D eigenvalue weighted by atomic mass is 19.4. The molecule has 0 radical (unpaired) electrons. The summed E-state index contributed by atoms with van der Waals surface area (Å²) in [5.74, 6) is 0.146. The summed E-state index contributed by atoms with van der Waals surface area (Å²) in [5, 5.41) is 10.0. The number of rotatable bonds is 5. The second-order valence-electron chi connectivity index (χ2n) is 7.39. The van der Waals surface area contributed by atoms with Crippen molar-refractivity contribution in [1.82, 2.24) is 19.7 Å². The number of alkyl halides is 3. The predicted octanol–water partition coefficient (Wildman–Crippen LogP) is 2.63. The van der Waals surface area contributed by atoms with Gasteiger partial charge in [0.25, 0.3) is 0 Å². The van der Waals surface area contributed by atoms with E-state index in [1.807, 2.05) is 0 Å². The molecule has 1 aliphatic heterocycles. The van der Waals surface area contributed by atoms with Crippen LogP contribution < -0.4 is 10.6 Å². The maximum absolute atomic E-state index is 13.0. The van der Waals surface area contributed by atoms with Crippen LogP contribution in [0.3, 0.4) is 0 Å². The molecular formula is C17H17F3N6O2. The number of anilines is 3. The Labute approximate surface area is 157 Å². The van der Waals surface area contributed by atoms with Crippen LogP contribution in [0.4, 0.5) is 30.8 Å². The lowest BCUT2D eigenvalue weighted by atomic mass is 10.0. The Hall–Kier alpha value is -2.85. The third-order valence-electron chi connectivity index (χ3n) is 5.54. The minimum atomic E-state index is -4.55. The smallest absolute Gasteiger partial charge is 0.421 e. The lowest BCUT2D eigenvalue weighted by Crippen LogP contribution is -2.19. The first kappa shape index (κ1) is 17.3. The van der Waals surface area contributed by atoms with Gasteiger partial charge in [-0.15, -0.1) is 0 Å². The van der Waals surface area contributed by atoms with Crippen LogP contribution in [-0.2, 0) is 21.1 Å². The standard InChI is InChI=1S/C17H17F3N6O2/c1-21-13-10(17(18,19)20)6-22-15(24-13)23-12-4-11(25-26(12)9-2-3-9)16-5-8(16)7-28-14(16)27/h4,6,8-9H,2-3,5,7H2,1H3,(H2,21,22,23,24)/t8-,16-/m0/s1. The fourth-order valence-corrected chi connectivity index (χ4v) is 3.76. The van der Waals surface area contributed by atoms with Crippen LogP contribution in [0.1, 0.15) is 36.6 Å². The van der Waals surface area contributed by atoms with E-state index in [0.29, 0.717) is 24.5 Å². The number of nitrogens with zero attached hydrogens (tertiary/aromatic N) is 4. The van der Waals surface area contributed by atoms with Crippen molar-refractivity contribution in [3.63, 3.8) is 0 Å². The highest BCUT2D eigenvalue weighted by molar-refractivity contribution is 5.89. The van der Waals surface area contributed by atoms with E-state index < -0.39 is 17.2 Å². The highest BCUT2D eigenvalue weighted by Crippen LogP contribution is 2.59. The fraction of sp³-hybridized carbons (Fsp3) is 0.529. The zero-order valence-corrected chi connectivity index (χ0v) is 14.9. The molecule has 1 saturated heterocycles. The van der Waals surface area contributed by atoms with Crippen molar-refractivity contribution in [1.29, 1.82) is 0 Å². The topological polar surface area (TPSA) is 94.0 Å². The van der Waals surface area contributed by atoms with E-state index in [1.165, 1.54) is 7.05 Å². The molecule has 148 valence electrons. The Bertz CT molecular complexity index is 970. The first-order chi connectivity index (χ1) is 13.3. The minimum absolute atomic E-state index is 0.0181. The summed E-state index contributed by atoms with van der Waals surface area (Å²) in [7, 11) is 1.37. The zero-order chi connectivity index (χ0) is 19.7. The molecule has 28 heavy (non-hydrogen) atoms. The van der Waals surface area contributed by atoms with E-state index in [1.54, 1.807) is 10.7 Å². The SMILES string of the molecule is CNc1nc(Nc2cc([C@]34C[C@H]3COC4=O)nn2C2CC2)ncc1C(F)(F)F. The molecule has 0 amide bonds. The molecule has 8 nitrogen and oxygen atoms in total. The average Bonchev–Trinajstić information content (AvgIpc) is 3.56. The van der Waals surface area contributed by atoms with Gasteiger partial charge in [0.15, 0.2) is 0 Å². The van der Waals surface area contributed by atoms with Crippen molar-refractivity contribution < 1.29 is 22.7 Å². The summed E-state index contributed by atoms with van der Waals surface area (Å²) < 4.78 is 46.0. The summed E-state index contributed by atoms with van der Waals surface area (Å²) in [4.78, 5) is 19.9. The van der Waals surface area contributed by atoms with Crippen molar-refractivity contribution in [2.45, 2.75) is 36.9 Å². The number of nitrogens with one attached hydrogen (secondary N) is 2. The van der Waals surface area contributed by atoms with Crippen LogP contribution in [0.5, 0.6) is 0 Å². The molecular weight excluding hydrogens is 377 g/mol. The molecule has 0 bridgehead atoms. The van der Waals surface area contributed by atoms with Crippen LogP contribution in [0, 0.1) is 5.92 Å². The maximum atomic E-state index is 13.0. The van der Waals surface area contributed by atoms with Gasteiger partial charge in [-0.05, 0) is 19.3 Å². The largest absolute Gasteiger partial charge is 0.465 e. The third-order valence-corrected chi connectivity index (χ3v) is 5.54. The molecule has 0 aromatic carbocycles. The number of halogens is 3. The van der Waals surface area contributed by atoms with E-state index in [9.17, 15) is 18.0 Å². The minimum Gasteiger partial charge on any atom is -0.465 e. The highest BCUT2D eigenvalue weighted by Gasteiger charge is 2.68. The zero-order valence-electron chi connectivity index (χ0n) is 14.9. The van der Waals surface area contributed by atoms with E-state index in [2.05, 4.69) is 25.7 Å². The van der Waals surface area contributed by atoms with Gasteiger partial charge in [-0.3, -0.25) is 4.79 Å². The molecule has 2 aromatic heterocycles. The number of carbonyl (C=O) groups is 1. The quantitative estimate of drug-likeness (QED) is 0.753. The summed E-state index contributed by atoms with van der Waals surface area (Å²) in [6, 6.07) is 1.95. The lowest BCUT2D eigenvalue weighted by molar-refractivity contribution is -0.142. The van der Waals surface area contributed by atoms with Crippen LogP contribution in [0.15, 0.2) is 12.3 Å². The fourth-order valence-electron chi connectivity index (χ4n) is 3.76. The van der Waals surface area contributed by atoms with Gasteiger partial charge in [0, 0.05) is 25.2 Å². The van der Waals surface area contributed by atoms with Crippen molar-refractivity contribution in [2.75, 3.05) is 24.3 Å². The first-order valence-electron chi connectivity index (χ1n) is 8.99. The number of carbonyl (C=O) groups excluding carboxylic acids is 1. The summed E-state index contributed by atoms with van der Waals surface area (Å²) in [6.45, 7) is 0.408. The van der Waals surface area contributed by atoms with E-state index in [0.717, 1.165) is 19.0 Å². The monoisotopic (exact) mass is 394 g/mol. The number of hydrogen-bond donors (Lipinski definition) is 2. The number of cyclic esters (lactones) is 1. The van der Waals surface area contributed by atoms with Crippen LogP contribution in [-0.4, -0.2) is 39.4 Å². The first-order valence-corrected chi connectivity index (χ1v) is 8.99. The van der Waals surface area contributed by atoms with Gasteiger partial charge in [0.2, 0.25) is 5.95 Å². The van der Waals surface area contributed by atoms with E-state index >= 15 is 0 Å². The molecule has 2 aromatic rings. The van der Waals surface area contributed by atoms with Gasteiger partial charge in [-0.1, -0.05) is 0 Å². The predicted molar refractivity (Wildman–Crippen MR) is 91.1 cm³/mol. The molecule has 2 N–H and O–H groups in total. The number of ether oxygens (including phenoxy) is 1. The summed E-state index contributed by atoms with van der Waals surface area (Å²) >= 11 is 0. The molecule has 11 heteroatoms. The van der Waals surface area contributed by atoms with Crippen LogP contribution >= 0.6 is 0 Å². The third kappa shape index (κ3) is 2.52. The lowest BCUT2D eigenvalue weighted by Gasteiger charge is -2.13. The molecule has 2 saturated carbocycles. The Morgan fingerprint density at radius 2 is 2.14 bits per heavy atom. The summed E-state index contributed by atoms with van der Waals surface area (Å²) in [6.07, 6.45) is -1.20. The van der Waals surface area contributed by atoms with Gasteiger partial charge in [-0.2, -0.15) is 23.3 Å². The van der Waals surface area contributed by atoms with Crippen molar-refractivity contribution >= 4 is 23.6 Å². The number of hydrogen-bond acceptors (Lipinski definition) is 7. The van der Waals surface area contributed by atoms with Gasteiger partial charge >= 0.3 is 12.1 Å². The average molecular weight is 394 g/mol. The summed E-state index contributed by atoms with van der Waals surface area (Å²) in [5.41, 5.74) is -0.978. The Morgan fingerprint density at radius 1 is 1.36 bits per heavy atom. The van der Waals surface area contributed by atoms with Gasteiger partial charge in [0.05, 0.1) is 18.3 Å². The number of esters is 1. The Morgan fingerprint density at radius 3 is 2.71 bits per heavy atom. The Balaban J connectivity index is 1.48. The van der Waals surface area contributed by atoms with Crippen molar-refractivity contribution in [2.24, 2.45) is 5.92 Å². The van der Waals surface area contributed by atoms with Crippen molar-refractivity contribution in [3.05, 3.63) is 23.5 Å². The molecule has 2 aliphatic carbocycles. The molecule has 3 aliphatic rings. The van der Waals surface area contributed by atoms with Gasteiger partial charge < -0.3 is 15.4 Å². The molecule has 5 rings (SSSR count). The second kappa shape index (κ2) is 5.58. The number of aromatic nitrogens is 4. The normalized spacial score (nSPS) is 26.0. The van der Waals surface area contributed by atoms with Gasteiger partial charge in [-0.25, -0.2) is 9.67 Å². The van der Waals surface area contributed by atoms with Crippen LogP contribution in [0.2, 0.25) is 0 Å². The molecule has 3 heterocycles. The van der Waals surface area contributed by atoms with Crippen molar-refractivity contribution in [3.8, 4) is 0 Å². The van der Waals surface area contributed by atoms with E-state index in [-0.39, 0.29) is 29.7 Å². The Kier molecular flexibility index (Phi) is 3.44. The molecule has 3 fully saturated rings. The molecule has 0 unspecified atom stereocenters.